The van der Waals surface area contributed by atoms with Crippen molar-refractivity contribution in [3.05, 3.63) is 41.4 Å². The van der Waals surface area contributed by atoms with Crippen molar-refractivity contribution in [3.8, 4) is 0 Å². The minimum Gasteiger partial charge on any atom is -0.323 e. The number of carbonyl (C=O) groups is 1. The summed E-state index contributed by atoms with van der Waals surface area (Å²) in [6, 6.07) is 3.89. The highest BCUT2D eigenvalue weighted by Gasteiger charge is 2.34. The van der Waals surface area contributed by atoms with Gasteiger partial charge < -0.3 is 5.32 Å². The minimum atomic E-state index is -3.99. The number of benzene rings is 1. The van der Waals surface area contributed by atoms with Gasteiger partial charge in [-0.3, -0.25) is 9.48 Å². The Morgan fingerprint density at radius 1 is 1.37 bits per heavy atom. The third-order valence-corrected chi connectivity index (χ3v) is 6.79. The highest BCUT2D eigenvalue weighted by Crippen LogP contribution is 2.28. The van der Waals surface area contributed by atoms with E-state index < -0.39 is 20.7 Å². The van der Waals surface area contributed by atoms with E-state index in [1.807, 2.05) is 6.92 Å². The van der Waals surface area contributed by atoms with Gasteiger partial charge in [-0.25, -0.2) is 12.8 Å². The minimum absolute atomic E-state index is 0.139. The van der Waals surface area contributed by atoms with E-state index in [1.54, 1.807) is 17.1 Å². The van der Waals surface area contributed by atoms with Crippen LogP contribution in [0.4, 0.5) is 10.1 Å². The molecule has 0 unspecified atom stereocenters. The molecule has 2 aromatic rings. The largest absolute Gasteiger partial charge is 0.323 e. The maximum absolute atomic E-state index is 14.1. The second-order valence-electron chi connectivity index (χ2n) is 6.30. The molecule has 1 fully saturated rings. The molecular formula is C17H20ClFN4O3S. The molecule has 1 N–H and O–H groups in total. The van der Waals surface area contributed by atoms with Crippen LogP contribution >= 0.6 is 11.6 Å². The first-order valence-corrected chi connectivity index (χ1v) is 10.4. The molecule has 1 aromatic carbocycles. The van der Waals surface area contributed by atoms with Crippen LogP contribution in [0, 0.1) is 11.7 Å². The van der Waals surface area contributed by atoms with Crippen LogP contribution in [0.2, 0.25) is 5.02 Å². The van der Waals surface area contributed by atoms with Crippen LogP contribution in [-0.4, -0.2) is 41.5 Å². The molecule has 0 aliphatic carbocycles. The molecule has 1 aliphatic rings. The Balaban J connectivity index is 1.64. The number of amides is 1. The number of hydrogen-bond acceptors (Lipinski definition) is 4. The van der Waals surface area contributed by atoms with Crippen molar-refractivity contribution in [1.82, 2.24) is 14.1 Å². The molecule has 0 bridgehead atoms. The van der Waals surface area contributed by atoms with Crippen LogP contribution in [-0.2, 0) is 21.4 Å². The van der Waals surface area contributed by atoms with Crippen molar-refractivity contribution in [2.45, 2.75) is 31.2 Å². The summed E-state index contributed by atoms with van der Waals surface area (Å²) < 4.78 is 42.4. The Morgan fingerprint density at radius 3 is 2.70 bits per heavy atom. The van der Waals surface area contributed by atoms with Crippen molar-refractivity contribution in [2.24, 2.45) is 5.92 Å². The maximum Gasteiger partial charge on any atom is 0.246 e. The maximum atomic E-state index is 14.1. The van der Waals surface area contributed by atoms with Gasteiger partial charge in [0.25, 0.3) is 0 Å². The van der Waals surface area contributed by atoms with Crippen LogP contribution < -0.4 is 5.32 Å². The van der Waals surface area contributed by atoms with Crippen molar-refractivity contribution in [1.29, 1.82) is 0 Å². The predicted octanol–water partition coefficient (Wildman–Crippen LogP) is 2.73. The Kier molecular flexibility index (Phi) is 5.83. The summed E-state index contributed by atoms with van der Waals surface area (Å²) in [5, 5.41) is 6.66. The topological polar surface area (TPSA) is 84.3 Å². The van der Waals surface area contributed by atoms with Crippen LogP contribution in [0.3, 0.4) is 0 Å². The van der Waals surface area contributed by atoms with Gasteiger partial charge in [0.05, 0.1) is 16.9 Å². The molecule has 2 heterocycles. The van der Waals surface area contributed by atoms with Gasteiger partial charge in [0.15, 0.2) is 5.82 Å². The smallest absolute Gasteiger partial charge is 0.246 e. The lowest BCUT2D eigenvalue weighted by Crippen LogP contribution is -2.41. The zero-order valence-corrected chi connectivity index (χ0v) is 16.3. The second kappa shape index (κ2) is 7.95. The van der Waals surface area contributed by atoms with Gasteiger partial charge in [0.2, 0.25) is 15.9 Å². The Labute approximate surface area is 162 Å². The van der Waals surface area contributed by atoms with E-state index in [0.29, 0.717) is 25.1 Å². The summed E-state index contributed by atoms with van der Waals surface area (Å²) >= 11 is 5.70. The van der Waals surface area contributed by atoms with Crippen LogP contribution in [0.1, 0.15) is 19.8 Å². The number of rotatable bonds is 5. The molecule has 1 amide bonds. The lowest BCUT2D eigenvalue weighted by Gasteiger charge is -2.30. The fraction of sp³-hybridized carbons (Fsp3) is 0.412. The molecule has 7 nitrogen and oxygen atoms in total. The molecule has 27 heavy (non-hydrogen) atoms. The number of halogens is 2. The van der Waals surface area contributed by atoms with E-state index in [9.17, 15) is 17.6 Å². The summed E-state index contributed by atoms with van der Waals surface area (Å²) in [5.74, 6) is -1.44. The Morgan fingerprint density at radius 2 is 2.07 bits per heavy atom. The third kappa shape index (κ3) is 4.15. The number of carbonyl (C=O) groups excluding carboxylic acids is 1. The van der Waals surface area contributed by atoms with Crippen LogP contribution in [0.25, 0.3) is 0 Å². The molecule has 1 saturated heterocycles. The molecule has 1 aromatic heterocycles. The summed E-state index contributed by atoms with van der Waals surface area (Å²) in [7, 11) is -3.99. The quantitative estimate of drug-likeness (QED) is 0.815. The molecule has 1 aliphatic heterocycles. The Hall–Kier alpha value is -1.97. The standard InChI is InChI=1S/C17H20ClFN4O3S/c1-2-22-11-13(10-20-22)21-17(24)12-6-8-23(9-7-12)27(25,26)15-5-3-4-14(18)16(15)19/h3-5,10-12H,2,6-9H2,1H3,(H,21,24). The number of piperidine rings is 1. The zero-order valence-electron chi connectivity index (χ0n) is 14.7. The Bertz CT molecular complexity index is 939. The molecule has 0 radical (unpaired) electrons. The molecule has 10 heteroatoms. The van der Waals surface area contributed by atoms with Crippen molar-refractivity contribution >= 4 is 33.2 Å². The van der Waals surface area contributed by atoms with Gasteiger partial charge in [0, 0.05) is 31.7 Å². The molecule has 146 valence electrons. The number of hydrogen-bond donors (Lipinski definition) is 1. The summed E-state index contributed by atoms with van der Waals surface area (Å²) in [5.41, 5.74) is 0.609. The number of nitrogens with one attached hydrogen (secondary N) is 1. The molecule has 0 spiro atoms. The lowest BCUT2D eigenvalue weighted by molar-refractivity contribution is -0.120. The second-order valence-corrected chi connectivity index (χ2v) is 8.62. The third-order valence-electron chi connectivity index (χ3n) is 4.58. The number of anilines is 1. The van der Waals surface area contributed by atoms with E-state index in [0.717, 1.165) is 0 Å². The first-order chi connectivity index (χ1) is 12.8. The average Bonchev–Trinajstić information content (AvgIpc) is 3.11. The fourth-order valence-electron chi connectivity index (χ4n) is 3.03. The van der Waals surface area contributed by atoms with E-state index in [2.05, 4.69) is 10.4 Å². The number of sulfonamides is 1. The van der Waals surface area contributed by atoms with Gasteiger partial charge in [0.1, 0.15) is 4.90 Å². The number of aryl methyl sites for hydroxylation is 1. The highest BCUT2D eigenvalue weighted by molar-refractivity contribution is 7.89. The van der Waals surface area contributed by atoms with Gasteiger partial charge in [-0.1, -0.05) is 17.7 Å². The summed E-state index contributed by atoms with van der Waals surface area (Å²) in [6.45, 7) is 2.92. The van der Waals surface area contributed by atoms with E-state index in [1.165, 1.54) is 22.5 Å². The highest BCUT2D eigenvalue weighted by atomic mass is 35.5. The monoisotopic (exact) mass is 414 g/mol. The van der Waals surface area contributed by atoms with Gasteiger partial charge in [-0.15, -0.1) is 0 Å². The predicted molar refractivity (Wildman–Crippen MR) is 99.4 cm³/mol. The normalized spacial score (nSPS) is 16.4. The average molecular weight is 415 g/mol. The van der Waals surface area contributed by atoms with Crippen molar-refractivity contribution in [2.75, 3.05) is 18.4 Å². The first-order valence-electron chi connectivity index (χ1n) is 8.60. The summed E-state index contributed by atoms with van der Waals surface area (Å²) in [6.07, 6.45) is 4.02. The lowest BCUT2D eigenvalue weighted by atomic mass is 9.97. The molecule has 0 atom stereocenters. The molecular weight excluding hydrogens is 395 g/mol. The van der Waals surface area contributed by atoms with Gasteiger partial charge in [-0.2, -0.15) is 9.40 Å². The summed E-state index contributed by atoms with van der Waals surface area (Å²) in [4.78, 5) is 12.0. The van der Waals surface area contributed by atoms with E-state index in [-0.39, 0.29) is 29.9 Å². The fourth-order valence-corrected chi connectivity index (χ4v) is 4.81. The van der Waals surface area contributed by atoms with Gasteiger partial charge in [-0.05, 0) is 31.9 Å². The van der Waals surface area contributed by atoms with E-state index in [4.69, 9.17) is 11.6 Å². The number of aromatic nitrogens is 2. The van der Waals surface area contributed by atoms with E-state index >= 15 is 0 Å². The molecule has 0 saturated carbocycles. The van der Waals surface area contributed by atoms with Gasteiger partial charge >= 0.3 is 0 Å². The van der Waals surface area contributed by atoms with Crippen LogP contribution in [0.15, 0.2) is 35.5 Å². The zero-order chi connectivity index (χ0) is 19.6. The van der Waals surface area contributed by atoms with Crippen molar-refractivity contribution < 1.29 is 17.6 Å². The first kappa shape index (κ1) is 19.8. The number of nitrogens with zero attached hydrogens (tertiary/aromatic N) is 3. The van der Waals surface area contributed by atoms with Crippen LogP contribution in [0.5, 0.6) is 0 Å². The SMILES string of the molecule is CCn1cc(NC(=O)C2CCN(S(=O)(=O)c3cccc(Cl)c3F)CC2)cn1. The van der Waals surface area contributed by atoms with Crippen molar-refractivity contribution in [3.63, 3.8) is 0 Å². The molecule has 3 rings (SSSR count).